The molecular formula is C14H16N6O5S2. The van der Waals surface area contributed by atoms with Crippen LogP contribution in [-0.2, 0) is 19.2 Å². The zero-order valence-corrected chi connectivity index (χ0v) is 15.7. The van der Waals surface area contributed by atoms with Crippen LogP contribution < -0.4 is 16.8 Å². The predicted octanol–water partition coefficient (Wildman–Crippen LogP) is -0.545. The second kappa shape index (κ2) is 7.84. The quantitative estimate of drug-likeness (QED) is 0.318. The van der Waals surface area contributed by atoms with Crippen molar-refractivity contribution in [2.45, 2.75) is 11.4 Å². The van der Waals surface area contributed by atoms with Crippen LogP contribution in [-0.4, -0.2) is 64.4 Å². The van der Waals surface area contributed by atoms with Gasteiger partial charge in [0.2, 0.25) is 0 Å². The molecule has 2 aliphatic rings. The molecule has 1 unspecified atom stereocenters. The molecule has 144 valence electrons. The second-order valence-corrected chi connectivity index (χ2v) is 7.48. The summed E-state index contributed by atoms with van der Waals surface area (Å²) in [6.45, 7) is 0.0196. The van der Waals surface area contributed by atoms with Crippen molar-refractivity contribution >= 4 is 51.8 Å². The molecule has 2 atom stereocenters. The van der Waals surface area contributed by atoms with Crippen molar-refractivity contribution in [3.05, 3.63) is 22.8 Å². The lowest BCUT2D eigenvalue weighted by atomic mass is 10.1. The van der Waals surface area contributed by atoms with Crippen LogP contribution in [0, 0.1) is 0 Å². The number of β-lactam (4-membered cyclic amide) rings is 1. The van der Waals surface area contributed by atoms with Gasteiger partial charge in [0, 0.05) is 17.3 Å². The number of thioether (sulfide) groups is 1. The number of nitrogens with zero attached hydrogens (tertiary/aromatic N) is 3. The smallest absolute Gasteiger partial charge is 0.404 e. The molecule has 11 nitrogen and oxygen atoms in total. The summed E-state index contributed by atoms with van der Waals surface area (Å²) in [7, 11) is 1.30. The molecule has 3 rings (SSSR count). The number of rotatable bonds is 6. The Balaban J connectivity index is 1.65. The van der Waals surface area contributed by atoms with Crippen molar-refractivity contribution in [1.29, 1.82) is 0 Å². The summed E-state index contributed by atoms with van der Waals surface area (Å²) in [5.41, 5.74) is 11.5. The number of amides is 3. The van der Waals surface area contributed by atoms with Gasteiger partial charge in [0.15, 0.2) is 10.8 Å². The third-order valence-corrected chi connectivity index (χ3v) is 5.74. The molecule has 1 aromatic heterocycles. The van der Waals surface area contributed by atoms with Crippen LogP contribution in [0.5, 0.6) is 0 Å². The fraction of sp³-hybridized carbons (Fsp3) is 0.357. The lowest BCUT2D eigenvalue weighted by molar-refractivity contribution is -0.143. The Morgan fingerprint density at radius 2 is 2.30 bits per heavy atom. The fourth-order valence-corrected chi connectivity index (χ4v) is 4.30. The van der Waals surface area contributed by atoms with Crippen molar-refractivity contribution in [2.75, 3.05) is 25.2 Å². The van der Waals surface area contributed by atoms with Crippen LogP contribution in [0.25, 0.3) is 0 Å². The number of fused-ring (bicyclic) bond motifs is 1. The number of nitrogens with two attached hydrogens (primary N) is 2. The molecule has 1 aromatic rings. The number of nitrogen functional groups attached to an aromatic ring is 1. The number of primary amides is 1. The Morgan fingerprint density at radius 3 is 2.93 bits per heavy atom. The summed E-state index contributed by atoms with van der Waals surface area (Å²) >= 11 is 2.60. The molecule has 1 saturated heterocycles. The lowest BCUT2D eigenvalue weighted by Crippen LogP contribution is -2.69. The van der Waals surface area contributed by atoms with Crippen LogP contribution in [0.2, 0.25) is 0 Å². The van der Waals surface area contributed by atoms with Gasteiger partial charge in [-0.2, -0.15) is 0 Å². The van der Waals surface area contributed by atoms with Crippen LogP contribution in [0.1, 0.15) is 5.69 Å². The second-order valence-electron chi connectivity index (χ2n) is 5.49. The van der Waals surface area contributed by atoms with Crippen LogP contribution in [0.3, 0.4) is 0 Å². The maximum Gasteiger partial charge on any atom is 0.404 e. The van der Waals surface area contributed by atoms with Gasteiger partial charge in [-0.25, -0.2) is 9.78 Å². The zero-order chi connectivity index (χ0) is 19.6. The number of ether oxygens (including phenoxy) is 1. The van der Waals surface area contributed by atoms with Gasteiger partial charge < -0.3 is 31.3 Å². The minimum absolute atomic E-state index is 0.0196. The highest BCUT2D eigenvalue weighted by molar-refractivity contribution is 8.00. The molecule has 13 heteroatoms. The molecule has 0 bridgehead atoms. The predicted molar refractivity (Wildman–Crippen MR) is 98.7 cm³/mol. The highest BCUT2D eigenvalue weighted by Gasteiger charge is 2.49. The maximum atomic E-state index is 12.5. The minimum atomic E-state index is -0.879. The van der Waals surface area contributed by atoms with Crippen LogP contribution in [0.4, 0.5) is 9.93 Å². The van der Waals surface area contributed by atoms with Gasteiger partial charge in [0.05, 0.1) is 0 Å². The SMILES string of the molecule is CON=C(C(=O)NC1C(=O)N2C=C(COC(N)=O)CS[C@H]12)c1csc(N)n1. The van der Waals surface area contributed by atoms with Gasteiger partial charge in [-0.05, 0) is 5.57 Å². The first-order valence-corrected chi connectivity index (χ1v) is 9.52. The van der Waals surface area contributed by atoms with Crippen molar-refractivity contribution in [3.63, 3.8) is 0 Å². The van der Waals surface area contributed by atoms with Crippen molar-refractivity contribution in [2.24, 2.45) is 10.9 Å². The molecule has 5 N–H and O–H groups in total. The third-order valence-electron chi connectivity index (χ3n) is 3.69. The Morgan fingerprint density at radius 1 is 1.52 bits per heavy atom. The van der Waals surface area contributed by atoms with Crippen molar-refractivity contribution < 1.29 is 24.0 Å². The first-order chi connectivity index (χ1) is 12.9. The Labute approximate surface area is 161 Å². The molecule has 0 saturated carbocycles. The summed E-state index contributed by atoms with van der Waals surface area (Å²) in [4.78, 5) is 45.8. The van der Waals surface area contributed by atoms with E-state index in [-0.39, 0.29) is 34.4 Å². The number of carbonyl (C=O) groups is 3. The number of oxime groups is 1. The number of hydrogen-bond donors (Lipinski definition) is 3. The van der Waals surface area contributed by atoms with E-state index in [9.17, 15) is 14.4 Å². The number of nitrogens with one attached hydrogen (secondary N) is 1. The Bertz CT molecular complexity index is 838. The zero-order valence-electron chi connectivity index (χ0n) is 14.1. The lowest BCUT2D eigenvalue weighted by Gasteiger charge is -2.47. The molecular weight excluding hydrogens is 396 g/mol. The first-order valence-electron chi connectivity index (χ1n) is 7.59. The van der Waals surface area contributed by atoms with Crippen LogP contribution >= 0.6 is 23.1 Å². The first kappa shape index (κ1) is 19.0. The summed E-state index contributed by atoms with van der Waals surface area (Å²) in [6.07, 6.45) is 0.733. The van der Waals surface area contributed by atoms with E-state index in [1.807, 2.05) is 0 Å². The molecule has 27 heavy (non-hydrogen) atoms. The monoisotopic (exact) mass is 412 g/mol. The van der Waals surface area contributed by atoms with E-state index >= 15 is 0 Å². The number of thiazole rings is 1. The van der Waals surface area contributed by atoms with E-state index in [0.29, 0.717) is 5.75 Å². The highest BCUT2D eigenvalue weighted by Crippen LogP contribution is 2.36. The highest BCUT2D eigenvalue weighted by atomic mass is 32.2. The van der Waals surface area contributed by atoms with Gasteiger partial charge in [0.25, 0.3) is 11.8 Å². The van der Waals surface area contributed by atoms with E-state index in [0.717, 1.165) is 16.9 Å². The standard InChI is InChI=1S/C14H16N6O5S2/c1-24-19-8(7-5-27-13(15)17-7)10(21)18-9-11(22)20-2-6(3-25-14(16)23)4-26-12(9)20/h2,5,9,12H,3-4H2,1H3,(H2,15,17)(H2,16,23)(H,18,21)/t9?,12-/m1/s1. The molecule has 1 fully saturated rings. The van der Waals surface area contributed by atoms with E-state index in [1.165, 1.54) is 23.8 Å². The van der Waals surface area contributed by atoms with Gasteiger partial charge in [-0.3, -0.25) is 9.59 Å². The number of aromatic nitrogens is 1. The topological polar surface area (TPSA) is 162 Å². The average molecular weight is 412 g/mol. The number of anilines is 1. The summed E-state index contributed by atoms with van der Waals surface area (Å²) in [6, 6.07) is -0.713. The van der Waals surface area contributed by atoms with E-state index in [2.05, 4.69) is 15.5 Å². The van der Waals surface area contributed by atoms with Crippen molar-refractivity contribution in [1.82, 2.24) is 15.2 Å². The van der Waals surface area contributed by atoms with E-state index < -0.39 is 18.0 Å². The minimum Gasteiger partial charge on any atom is -0.445 e. The van der Waals surface area contributed by atoms with Gasteiger partial charge in [-0.1, -0.05) is 5.16 Å². The van der Waals surface area contributed by atoms with Crippen molar-refractivity contribution in [3.8, 4) is 0 Å². The number of carbonyl (C=O) groups excluding carboxylic acids is 3. The van der Waals surface area contributed by atoms with Crippen LogP contribution in [0.15, 0.2) is 22.3 Å². The van der Waals surface area contributed by atoms with E-state index in [1.54, 1.807) is 11.6 Å². The number of hydrogen-bond acceptors (Lipinski definition) is 10. The van der Waals surface area contributed by atoms with Gasteiger partial charge in [0.1, 0.15) is 30.8 Å². The summed E-state index contributed by atoms with van der Waals surface area (Å²) < 4.78 is 4.73. The Kier molecular flexibility index (Phi) is 5.51. The molecule has 0 aromatic carbocycles. The molecule has 3 heterocycles. The molecule has 3 amide bonds. The average Bonchev–Trinajstić information content (AvgIpc) is 3.07. The molecule has 2 aliphatic heterocycles. The molecule has 0 spiro atoms. The Hall–Kier alpha value is -2.80. The van der Waals surface area contributed by atoms with Gasteiger partial charge >= 0.3 is 6.09 Å². The van der Waals surface area contributed by atoms with Gasteiger partial charge in [-0.15, -0.1) is 23.1 Å². The van der Waals surface area contributed by atoms with E-state index in [4.69, 9.17) is 21.0 Å². The largest absolute Gasteiger partial charge is 0.445 e. The fourth-order valence-electron chi connectivity index (χ4n) is 2.50. The molecule has 0 radical (unpaired) electrons. The summed E-state index contributed by atoms with van der Waals surface area (Å²) in [5.74, 6) is -0.338. The summed E-state index contributed by atoms with van der Waals surface area (Å²) in [5, 5.41) is 7.94. The molecule has 0 aliphatic carbocycles. The maximum absolute atomic E-state index is 12.5. The normalized spacial score (nSPS) is 21.7. The third kappa shape index (κ3) is 3.98.